The van der Waals surface area contributed by atoms with E-state index in [4.69, 9.17) is 0 Å². The molecule has 3 aromatic rings. The number of carbonyl (C=O) groups excluding carboxylic acids is 2. The predicted molar refractivity (Wildman–Crippen MR) is 173 cm³/mol. The van der Waals surface area contributed by atoms with Gasteiger partial charge in [0, 0.05) is 35.7 Å². The Morgan fingerprint density at radius 3 is 2.44 bits per heavy atom. The maximum absolute atomic E-state index is 14.1. The van der Waals surface area contributed by atoms with Crippen LogP contribution in [0, 0.1) is 12.7 Å². The van der Waals surface area contributed by atoms with Gasteiger partial charge in [0.2, 0.25) is 0 Å². The molecular weight excluding hydrogens is 533 g/mol. The highest BCUT2D eigenvalue weighted by molar-refractivity contribution is 7.98. The quantitative estimate of drug-likeness (QED) is 0.208. The molecule has 41 heavy (non-hydrogen) atoms. The third-order valence-corrected chi connectivity index (χ3v) is 7.90. The summed E-state index contributed by atoms with van der Waals surface area (Å²) in [6.45, 7) is 11.5. The van der Waals surface area contributed by atoms with Crippen LogP contribution in [-0.4, -0.2) is 46.8 Å². The van der Waals surface area contributed by atoms with Gasteiger partial charge >= 0.3 is 0 Å². The highest BCUT2D eigenvalue weighted by Crippen LogP contribution is 2.41. The molecule has 2 aliphatic rings. The molecule has 220 valence electrons. The van der Waals surface area contributed by atoms with Crippen LogP contribution in [-0.2, 0) is 11.2 Å². The number of hydrogen-bond donors (Lipinski definition) is 2. The number of rotatable bonds is 8. The lowest BCUT2D eigenvalue weighted by Gasteiger charge is -2.16. The van der Waals surface area contributed by atoms with Crippen molar-refractivity contribution in [1.29, 1.82) is 0 Å². The molecule has 0 radical (unpaired) electrons. The van der Waals surface area contributed by atoms with Crippen molar-refractivity contribution in [3.63, 3.8) is 0 Å². The zero-order chi connectivity index (χ0) is 29.9. The fourth-order valence-electron chi connectivity index (χ4n) is 5.43. The van der Waals surface area contributed by atoms with E-state index >= 15 is 0 Å². The Morgan fingerprint density at radius 1 is 1.05 bits per heavy atom. The molecule has 1 saturated heterocycles. The summed E-state index contributed by atoms with van der Waals surface area (Å²) in [5.74, 6) is 0.622. The van der Waals surface area contributed by atoms with Crippen LogP contribution >= 0.6 is 11.8 Å². The number of amides is 2. The normalized spacial score (nSPS) is 14.7. The number of hydrogen-bond acceptors (Lipinski definition) is 3. The average Bonchev–Trinajstić information content (AvgIpc) is 3.71. The first-order valence-corrected chi connectivity index (χ1v) is 16.3. The molecule has 5 rings (SSSR count). The maximum Gasteiger partial charge on any atom is 0.256 e. The van der Waals surface area contributed by atoms with Crippen LogP contribution in [0.3, 0.4) is 0 Å². The zero-order valence-electron chi connectivity index (χ0n) is 25.3. The molecule has 2 aliphatic heterocycles. The van der Waals surface area contributed by atoms with Gasteiger partial charge in [-0.1, -0.05) is 52.0 Å². The summed E-state index contributed by atoms with van der Waals surface area (Å²) in [5, 5.41) is 2.97. The Labute approximate surface area is 249 Å². The number of anilines is 1. The minimum absolute atomic E-state index is 0.0764. The zero-order valence-corrected chi connectivity index (χ0v) is 26.1. The Kier molecular flexibility index (Phi) is 12.3. The number of aromatic amines is 1. The maximum atomic E-state index is 14.1. The lowest BCUT2D eigenvalue weighted by atomic mass is 9.93. The minimum Gasteiger partial charge on any atom is -0.358 e. The summed E-state index contributed by atoms with van der Waals surface area (Å²) >= 11 is 1.82. The number of likely N-dealkylation sites (tertiary alicyclic amines) is 1. The van der Waals surface area contributed by atoms with E-state index in [-0.39, 0.29) is 17.6 Å². The van der Waals surface area contributed by atoms with E-state index in [1.54, 1.807) is 6.07 Å². The molecule has 0 aliphatic carbocycles. The first-order valence-electron chi connectivity index (χ1n) is 14.9. The molecule has 0 bridgehead atoms. The van der Waals surface area contributed by atoms with Crippen molar-refractivity contribution in [2.45, 2.75) is 66.7 Å². The number of carbonyl (C=O) groups is 2. The summed E-state index contributed by atoms with van der Waals surface area (Å²) in [4.78, 5) is 32.1. The van der Waals surface area contributed by atoms with Gasteiger partial charge in [-0.2, -0.15) is 11.8 Å². The highest BCUT2D eigenvalue weighted by Gasteiger charge is 2.30. The van der Waals surface area contributed by atoms with Crippen LogP contribution in [0.15, 0.2) is 42.5 Å². The van der Waals surface area contributed by atoms with Crippen LogP contribution in [0.4, 0.5) is 10.1 Å². The third-order valence-electron chi connectivity index (χ3n) is 7.21. The fraction of sp³-hybridized carbons (Fsp3) is 0.412. The number of aryl methyl sites for hydroxylation is 1. The van der Waals surface area contributed by atoms with Gasteiger partial charge in [-0.25, -0.2) is 4.39 Å². The molecule has 7 heteroatoms. The van der Waals surface area contributed by atoms with E-state index in [0.717, 1.165) is 84.6 Å². The highest BCUT2D eigenvalue weighted by atomic mass is 32.2. The summed E-state index contributed by atoms with van der Waals surface area (Å²) in [6, 6.07) is 12.1. The van der Waals surface area contributed by atoms with Gasteiger partial charge in [-0.05, 0) is 92.0 Å². The summed E-state index contributed by atoms with van der Waals surface area (Å²) in [7, 11) is 0. The average molecular weight is 578 g/mol. The molecule has 1 fully saturated rings. The van der Waals surface area contributed by atoms with Crippen LogP contribution in [0.25, 0.3) is 22.8 Å². The van der Waals surface area contributed by atoms with Crippen LogP contribution in [0.5, 0.6) is 0 Å². The van der Waals surface area contributed by atoms with Crippen molar-refractivity contribution in [2.75, 3.05) is 30.4 Å². The van der Waals surface area contributed by atoms with Gasteiger partial charge in [0.05, 0.1) is 11.1 Å². The second-order valence-corrected chi connectivity index (χ2v) is 10.7. The van der Waals surface area contributed by atoms with Crippen LogP contribution in [0.2, 0.25) is 0 Å². The number of benzene rings is 2. The first kappa shape index (κ1) is 32.2. The van der Waals surface area contributed by atoms with Crippen molar-refractivity contribution in [1.82, 2.24) is 9.88 Å². The number of H-pyrrole nitrogens is 1. The van der Waals surface area contributed by atoms with E-state index in [9.17, 15) is 14.0 Å². The molecule has 5 nitrogen and oxygen atoms in total. The van der Waals surface area contributed by atoms with Gasteiger partial charge in [-0.15, -0.1) is 0 Å². The first-order chi connectivity index (χ1) is 20.0. The Bertz CT molecular complexity index is 1370. The molecule has 0 saturated carbocycles. The van der Waals surface area contributed by atoms with Gasteiger partial charge in [0.1, 0.15) is 5.82 Å². The number of fused-ring (bicyclic) bond motifs is 1. The Morgan fingerprint density at radius 2 is 1.76 bits per heavy atom. The van der Waals surface area contributed by atoms with Crippen LogP contribution < -0.4 is 5.32 Å². The van der Waals surface area contributed by atoms with Crippen molar-refractivity contribution < 1.29 is 14.0 Å². The number of thioether (sulfide) groups is 1. The van der Waals surface area contributed by atoms with E-state index in [1.165, 1.54) is 12.1 Å². The van der Waals surface area contributed by atoms with Crippen molar-refractivity contribution in [3.8, 4) is 11.1 Å². The molecule has 2 N–H and O–H groups in total. The lowest BCUT2D eigenvalue weighted by molar-refractivity contribution is -0.110. The predicted octanol–water partition coefficient (Wildman–Crippen LogP) is 8.60. The van der Waals surface area contributed by atoms with Gasteiger partial charge in [0.15, 0.2) is 0 Å². The molecule has 0 spiro atoms. The molecular formula is C34H44FN3O2S. The number of halogens is 1. The second-order valence-electron chi connectivity index (χ2n) is 9.72. The number of unbranched alkanes of at least 4 members (excludes halogenated alkanes) is 1. The van der Waals surface area contributed by atoms with Crippen molar-refractivity contribution >= 4 is 40.9 Å². The Balaban J connectivity index is 0.00000111. The Hall–Kier alpha value is -3.32. The molecule has 0 atom stereocenters. The summed E-state index contributed by atoms with van der Waals surface area (Å²) in [5.41, 5.74) is 6.84. The number of nitrogens with one attached hydrogen (secondary N) is 2. The summed E-state index contributed by atoms with van der Waals surface area (Å²) in [6.07, 6.45) is 8.84. The summed E-state index contributed by atoms with van der Waals surface area (Å²) < 4.78 is 14.1. The van der Waals surface area contributed by atoms with E-state index in [2.05, 4.69) is 16.6 Å². The monoisotopic (exact) mass is 577 g/mol. The minimum atomic E-state index is -0.324. The molecule has 2 aromatic carbocycles. The molecule has 2 amide bonds. The van der Waals surface area contributed by atoms with Gasteiger partial charge in [-0.3, -0.25) is 9.59 Å². The standard InChI is InChI=1S/C30H32FN3O2S.2C2H6/c1-19-27(30(36)34-14-4-5-15-34)23(11-3-6-16-37-2)26(32-19)18-24-28-22(20-9-7-10-21(31)17-20)12-8-13-25(28)33-29(24)35;2*1-2/h7-10,12-13,17-18,32H,3-6,11,14-16H2,1-2H3,(H,33,35);2*1-2H3/b24-18-;;. The second kappa shape index (κ2) is 15.6. The topological polar surface area (TPSA) is 65.2 Å². The van der Waals surface area contributed by atoms with Crippen LogP contribution in [0.1, 0.15) is 86.3 Å². The number of nitrogens with zero attached hydrogens (tertiary/aromatic N) is 1. The lowest BCUT2D eigenvalue weighted by Crippen LogP contribution is -2.28. The SMILES string of the molecule is CC.CC.CSCCCCc1c(/C=C2\C(=O)Nc3cccc(-c4cccc(F)c4)c32)[nH]c(C)c1C(=O)N1CCCC1. The molecule has 3 heterocycles. The van der Waals surface area contributed by atoms with E-state index in [1.807, 2.05) is 81.6 Å². The molecule has 1 aromatic heterocycles. The molecule has 0 unspecified atom stereocenters. The third kappa shape index (κ3) is 7.31. The largest absolute Gasteiger partial charge is 0.358 e. The van der Waals surface area contributed by atoms with Gasteiger partial charge < -0.3 is 15.2 Å². The fourth-order valence-corrected chi connectivity index (χ4v) is 5.92. The van der Waals surface area contributed by atoms with Crippen molar-refractivity contribution in [2.24, 2.45) is 0 Å². The number of aromatic nitrogens is 1. The van der Waals surface area contributed by atoms with Crippen molar-refractivity contribution in [3.05, 3.63) is 76.4 Å². The van der Waals surface area contributed by atoms with E-state index in [0.29, 0.717) is 16.8 Å². The van der Waals surface area contributed by atoms with Gasteiger partial charge in [0.25, 0.3) is 11.8 Å². The smallest absolute Gasteiger partial charge is 0.256 e. The van der Waals surface area contributed by atoms with E-state index < -0.39 is 0 Å².